The fourth-order valence-electron chi connectivity index (χ4n) is 2.11. The summed E-state index contributed by atoms with van der Waals surface area (Å²) >= 11 is 0. The molecule has 1 fully saturated rings. The Balaban J connectivity index is 2.12. The van der Waals surface area contributed by atoms with Gasteiger partial charge in [0.25, 0.3) is 0 Å². The van der Waals surface area contributed by atoms with Crippen LogP contribution < -0.4 is 0 Å². The van der Waals surface area contributed by atoms with E-state index in [1.807, 2.05) is 6.20 Å². The molecule has 1 aliphatic rings. The Morgan fingerprint density at radius 2 is 1.94 bits per heavy atom. The first-order valence-corrected chi connectivity index (χ1v) is 6.19. The summed E-state index contributed by atoms with van der Waals surface area (Å²) in [5, 5.41) is 0. The van der Waals surface area contributed by atoms with Gasteiger partial charge in [0.2, 0.25) is 5.89 Å². The lowest BCUT2D eigenvalue weighted by atomic mass is 9.94. The molecule has 1 unspecified atom stereocenters. The summed E-state index contributed by atoms with van der Waals surface area (Å²) in [5.41, 5.74) is 0.0516. The van der Waals surface area contributed by atoms with Gasteiger partial charge in [-0.1, -0.05) is 20.8 Å². The second kappa shape index (κ2) is 4.21. The van der Waals surface area contributed by atoms with Gasteiger partial charge in [-0.3, -0.25) is 4.90 Å². The zero-order chi connectivity index (χ0) is 11.8. The molecule has 1 atom stereocenters. The molecule has 2 heterocycles. The topological polar surface area (TPSA) is 29.3 Å². The smallest absolute Gasteiger partial charge is 0.211 e. The summed E-state index contributed by atoms with van der Waals surface area (Å²) in [6.45, 7) is 11.0. The van der Waals surface area contributed by atoms with E-state index in [9.17, 15) is 0 Å². The fourth-order valence-corrected chi connectivity index (χ4v) is 2.11. The Morgan fingerprint density at radius 1 is 1.31 bits per heavy atom. The monoisotopic (exact) mass is 222 g/mol. The van der Waals surface area contributed by atoms with E-state index in [2.05, 4.69) is 37.6 Å². The van der Waals surface area contributed by atoms with Crippen LogP contribution in [0.2, 0.25) is 0 Å². The number of hydrogen-bond acceptors (Lipinski definition) is 3. The van der Waals surface area contributed by atoms with Gasteiger partial charge >= 0.3 is 0 Å². The van der Waals surface area contributed by atoms with E-state index in [4.69, 9.17) is 4.42 Å². The van der Waals surface area contributed by atoms with Crippen molar-refractivity contribution in [3.8, 4) is 0 Å². The van der Waals surface area contributed by atoms with Crippen LogP contribution in [0.4, 0.5) is 0 Å². The Hall–Kier alpha value is -0.830. The lowest BCUT2D eigenvalue weighted by Gasteiger charge is -2.21. The highest BCUT2D eigenvalue weighted by atomic mass is 16.4. The van der Waals surface area contributed by atoms with Gasteiger partial charge < -0.3 is 4.42 Å². The molecular weight excluding hydrogens is 200 g/mol. The van der Waals surface area contributed by atoms with Crippen LogP contribution in [0, 0.1) is 0 Å². The standard InChI is InChI=1S/C13H22N2O/c1-10(15-7-5-6-8-15)12-14-9-11(16-12)13(2,3)4/h9-10H,5-8H2,1-4H3. The van der Waals surface area contributed by atoms with E-state index < -0.39 is 0 Å². The number of rotatable bonds is 2. The number of hydrogen-bond donors (Lipinski definition) is 0. The van der Waals surface area contributed by atoms with Crippen LogP contribution in [0.3, 0.4) is 0 Å². The molecule has 3 heteroatoms. The van der Waals surface area contributed by atoms with Gasteiger partial charge in [-0.05, 0) is 32.9 Å². The molecule has 0 aromatic carbocycles. The maximum Gasteiger partial charge on any atom is 0.211 e. The van der Waals surface area contributed by atoms with Gasteiger partial charge in [0, 0.05) is 5.41 Å². The van der Waals surface area contributed by atoms with E-state index in [0.29, 0.717) is 6.04 Å². The molecule has 0 N–H and O–H groups in total. The molecule has 3 nitrogen and oxygen atoms in total. The Labute approximate surface area is 97.8 Å². The second-order valence-electron chi connectivity index (χ2n) is 5.73. The predicted molar refractivity (Wildman–Crippen MR) is 64.4 cm³/mol. The summed E-state index contributed by atoms with van der Waals surface area (Å²) < 4.78 is 5.87. The summed E-state index contributed by atoms with van der Waals surface area (Å²) in [5.74, 6) is 1.85. The summed E-state index contributed by atoms with van der Waals surface area (Å²) in [4.78, 5) is 6.86. The van der Waals surface area contributed by atoms with E-state index in [1.165, 1.54) is 25.9 Å². The quantitative estimate of drug-likeness (QED) is 0.770. The van der Waals surface area contributed by atoms with E-state index in [1.54, 1.807) is 0 Å². The zero-order valence-corrected chi connectivity index (χ0v) is 10.8. The van der Waals surface area contributed by atoms with Gasteiger partial charge in [0.05, 0.1) is 12.2 Å². The van der Waals surface area contributed by atoms with Crippen LogP contribution in [-0.2, 0) is 5.41 Å². The molecule has 0 saturated carbocycles. The van der Waals surface area contributed by atoms with Crippen LogP contribution in [0.1, 0.15) is 58.2 Å². The first kappa shape index (κ1) is 11.6. The summed E-state index contributed by atoms with van der Waals surface area (Å²) in [6, 6.07) is 0.318. The molecule has 0 aliphatic carbocycles. The van der Waals surface area contributed by atoms with E-state index >= 15 is 0 Å². The largest absolute Gasteiger partial charge is 0.443 e. The van der Waals surface area contributed by atoms with Crippen LogP contribution in [-0.4, -0.2) is 23.0 Å². The molecule has 2 rings (SSSR count). The number of likely N-dealkylation sites (tertiary alicyclic amines) is 1. The van der Waals surface area contributed by atoms with Crippen molar-refractivity contribution in [2.45, 2.75) is 52.0 Å². The maximum atomic E-state index is 5.87. The molecule has 0 bridgehead atoms. The van der Waals surface area contributed by atoms with Gasteiger partial charge in [-0.15, -0.1) is 0 Å². The average Bonchev–Trinajstić information content (AvgIpc) is 2.87. The Kier molecular flexibility index (Phi) is 3.06. The highest BCUT2D eigenvalue weighted by Gasteiger charge is 2.25. The van der Waals surface area contributed by atoms with Crippen molar-refractivity contribution in [2.75, 3.05) is 13.1 Å². The van der Waals surface area contributed by atoms with Gasteiger partial charge in [-0.2, -0.15) is 0 Å². The molecule has 0 amide bonds. The van der Waals surface area contributed by atoms with Crippen LogP contribution in [0.15, 0.2) is 10.6 Å². The average molecular weight is 222 g/mol. The second-order valence-corrected chi connectivity index (χ2v) is 5.73. The third-order valence-electron chi connectivity index (χ3n) is 3.31. The van der Waals surface area contributed by atoms with Crippen molar-refractivity contribution in [2.24, 2.45) is 0 Å². The fraction of sp³-hybridized carbons (Fsp3) is 0.769. The van der Waals surface area contributed by atoms with Crippen LogP contribution >= 0.6 is 0 Å². The number of aromatic nitrogens is 1. The highest BCUT2D eigenvalue weighted by Crippen LogP contribution is 2.28. The summed E-state index contributed by atoms with van der Waals surface area (Å²) in [6.07, 6.45) is 4.48. The van der Waals surface area contributed by atoms with E-state index in [0.717, 1.165) is 11.7 Å². The van der Waals surface area contributed by atoms with Gasteiger partial charge in [0.1, 0.15) is 5.76 Å². The van der Waals surface area contributed by atoms with Crippen LogP contribution in [0.25, 0.3) is 0 Å². The van der Waals surface area contributed by atoms with Crippen LogP contribution in [0.5, 0.6) is 0 Å². The molecule has 16 heavy (non-hydrogen) atoms. The minimum absolute atomic E-state index is 0.0516. The van der Waals surface area contributed by atoms with Crippen molar-refractivity contribution >= 4 is 0 Å². The maximum absolute atomic E-state index is 5.87. The van der Waals surface area contributed by atoms with Crippen molar-refractivity contribution < 1.29 is 4.42 Å². The normalized spacial score (nSPS) is 20.2. The molecule has 90 valence electrons. The molecule has 0 radical (unpaired) electrons. The van der Waals surface area contributed by atoms with E-state index in [-0.39, 0.29) is 5.41 Å². The van der Waals surface area contributed by atoms with Gasteiger partial charge in [0.15, 0.2) is 0 Å². The Bertz CT molecular complexity index is 345. The van der Waals surface area contributed by atoms with Crippen molar-refractivity contribution in [3.63, 3.8) is 0 Å². The first-order valence-electron chi connectivity index (χ1n) is 6.19. The number of nitrogens with zero attached hydrogens (tertiary/aromatic N) is 2. The third kappa shape index (κ3) is 2.29. The lowest BCUT2D eigenvalue weighted by molar-refractivity contribution is 0.217. The molecular formula is C13H22N2O. The molecule has 1 aliphatic heterocycles. The number of oxazole rings is 1. The highest BCUT2D eigenvalue weighted by molar-refractivity contribution is 5.07. The third-order valence-corrected chi connectivity index (χ3v) is 3.31. The van der Waals surface area contributed by atoms with Crippen molar-refractivity contribution in [1.29, 1.82) is 0 Å². The minimum atomic E-state index is 0.0516. The summed E-state index contributed by atoms with van der Waals surface area (Å²) in [7, 11) is 0. The molecule has 1 aromatic heterocycles. The predicted octanol–water partition coefficient (Wildman–Crippen LogP) is 3.13. The Morgan fingerprint density at radius 3 is 2.44 bits per heavy atom. The minimum Gasteiger partial charge on any atom is -0.443 e. The molecule has 1 saturated heterocycles. The first-order chi connectivity index (χ1) is 7.48. The molecule has 1 aromatic rings. The van der Waals surface area contributed by atoms with Crippen molar-refractivity contribution in [3.05, 3.63) is 17.8 Å². The lowest BCUT2D eigenvalue weighted by Crippen LogP contribution is -2.23. The SMILES string of the molecule is CC(c1ncc(C(C)(C)C)o1)N1CCCC1. The van der Waals surface area contributed by atoms with Crippen molar-refractivity contribution in [1.82, 2.24) is 9.88 Å². The van der Waals surface area contributed by atoms with Gasteiger partial charge in [-0.25, -0.2) is 4.98 Å². The zero-order valence-electron chi connectivity index (χ0n) is 10.8. The molecule has 0 spiro atoms.